The Balaban J connectivity index is 1.33. The van der Waals surface area contributed by atoms with Crippen molar-refractivity contribution in [2.45, 2.75) is 13.0 Å². The third-order valence-electron chi connectivity index (χ3n) is 6.45. The van der Waals surface area contributed by atoms with Gasteiger partial charge in [0.25, 0.3) is 29.1 Å². The number of carbonyl (C=O) groups excluding carboxylic acids is 4. The van der Waals surface area contributed by atoms with Crippen molar-refractivity contribution in [2.24, 2.45) is 0 Å². The fourth-order valence-corrected chi connectivity index (χ4v) is 4.48. The van der Waals surface area contributed by atoms with E-state index in [9.17, 15) is 39.4 Å². The van der Waals surface area contributed by atoms with Crippen LogP contribution in [0, 0.1) is 20.2 Å². The lowest BCUT2D eigenvalue weighted by Gasteiger charge is -2.27. The predicted molar refractivity (Wildman–Crippen MR) is 145 cm³/mol. The number of hydrogen-bond acceptors (Lipinski definition) is 9. The maximum absolute atomic E-state index is 13.3. The van der Waals surface area contributed by atoms with Gasteiger partial charge in [-0.15, -0.1) is 0 Å². The zero-order chi connectivity index (χ0) is 29.4. The Morgan fingerprint density at radius 2 is 1.44 bits per heavy atom. The van der Waals surface area contributed by atoms with Crippen molar-refractivity contribution in [3.63, 3.8) is 0 Å². The first-order valence-corrected chi connectivity index (χ1v) is 12.0. The molecule has 0 bridgehead atoms. The minimum atomic E-state index is -1.31. The van der Waals surface area contributed by atoms with Crippen LogP contribution in [0.2, 0.25) is 0 Å². The van der Waals surface area contributed by atoms with E-state index in [4.69, 9.17) is 4.74 Å². The second kappa shape index (κ2) is 10.3. The topological polar surface area (TPSA) is 179 Å². The Labute approximate surface area is 230 Å². The van der Waals surface area contributed by atoms with Crippen molar-refractivity contribution < 1.29 is 33.8 Å². The Bertz CT molecular complexity index is 1780. The number of nitro benzene ring substituents is 2. The van der Waals surface area contributed by atoms with Crippen molar-refractivity contribution in [1.82, 2.24) is 0 Å². The summed E-state index contributed by atoms with van der Waals surface area (Å²) in [5.41, 5.74) is -0.238. The van der Waals surface area contributed by atoms with Gasteiger partial charge in [-0.2, -0.15) is 0 Å². The molecule has 1 N–H and O–H groups in total. The third-order valence-corrected chi connectivity index (χ3v) is 6.45. The van der Waals surface area contributed by atoms with Crippen molar-refractivity contribution in [2.75, 3.05) is 10.2 Å². The Hall–Kier alpha value is -5.98. The molecule has 4 aromatic rings. The zero-order valence-corrected chi connectivity index (χ0v) is 21.1. The number of imide groups is 1. The summed E-state index contributed by atoms with van der Waals surface area (Å²) in [6.07, 6.45) is -1.31. The number of benzene rings is 4. The average molecular weight is 554 g/mol. The molecule has 13 nitrogen and oxygen atoms in total. The second-order valence-electron chi connectivity index (χ2n) is 8.92. The minimum Gasteiger partial charge on any atom is -0.449 e. The number of nitro groups is 2. The number of nitrogens with zero attached hydrogens (tertiary/aromatic N) is 3. The molecule has 5 rings (SSSR count). The van der Waals surface area contributed by atoms with Crippen LogP contribution in [0.25, 0.3) is 10.8 Å². The number of anilines is 2. The first-order chi connectivity index (χ1) is 19.6. The van der Waals surface area contributed by atoms with Crippen molar-refractivity contribution in [1.29, 1.82) is 0 Å². The van der Waals surface area contributed by atoms with Crippen LogP contribution in [0.5, 0.6) is 0 Å². The van der Waals surface area contributed by atoms with E-state index in [1.807, 2.05) is 0 Å². The molecule has 0 unspecified atom stereocenters. The van der Waals surface area contributed by atoms with Crippen molar-refractivity contribution in [3.05, 3.63) is 116 Å². The monoisotopic (exact) mass is 554 g/mol. The van der Waals surface area contributed by atoms with Gasteiger partial charge >= 0.3 is 5.97 Å². The van der Waals surface area contributed by atoms with E-state index in [-0.39, 0.29) is 50.2 Å². The molecule has 1 heterocycles. The lowest BCUT2D eigenvalue weighted by Crippen LogP contribution is -2.40. The van der Waals surface area contributed by atoms with E-state index >= 15 is 0 Å². The van der Waals surface area contributed by atoms with Crippen molar-refractivity contribution in [3.8, 4) is 0 Å². The predicted octanol–water partition coefficient (Wildman–Crippen LogP) is 4.64. The molecule has 4 aromatic carbocycles. The van der Waals surface area contributed by atoms with Gasteiger partial charge in [0.2, 0.25) is 0 Å². The summed E-state index contributed by atoms with van der Waals surface area (Å²) in [7, 11) is 0. The van der Waals surface area contributed by atoms with Crippen LogP contribution in [0.4, 0.5) is 22.7 Å². The van der Waals surface area contributed by atoms with E-state index in [1.165, 1.54) is 85.8 Å². The summed E-state index contributed by atoms with van der Waals surface area (Å²) >= 11 is 0. The Morgan fingerprint density at radius 3 is 2.10 bits per heavy atom. The summed E-state index contributed by atoms with van der Waals surface area (Å²) in [6.45, 7) is 1.30. The fourth-order valence-electron chi connectivity index (χ4n) is 4.48. The highest BCUT2D eigenvalue weighted by atomic mass is 16.6. The van der Waals surface area contributed by atoms with Crippen LogP contribution in [-0.2, 0) is 9.53 Å². The number of ether oxygens (including phenoxy) is 1. The van der Waals surface area contributed by atoms with E-state index < -0.39 is 39.6 Å². The van der Waals surface area contributed by atoms with Crippen LogP contribution in [0.3, 0.4) is 0 Å². The first kappa shape index (κ1) is 26.6. The molecule has 0 spiro atoms. The Kier molecular flexibility index (Phi) is 6.69. The smallest absolute Gasteiger partial charge is 0.338 e. The third kappa shape index (κ3) is 4.71. The molecule has 1 aliphatic rings. The maximum atomic E-state index is 13.3. The SMILES string of the molecule is C[C@@H](OC(=O)c1ccc(N2C(=O)c3cccc4c([N+](=O)[O-])ccc(c34)C2=O)cc1)C(=O)Nc1ccccc1[N+](=O)[O-]. The molecule has 0 radical (unpaired) electrons. The van der Waals surface area contributed by atoms with Crippen LogP contribution in [-0.4, -0.2) is 39.6 Å². The highest BCUT2D eigenvalue weighted by molar-refractivity contribution is 6.36. The largest absolute Gasteiger partial charge is 0.449 e. The van der Waals surface area contributed by atoms with E-state index in [0.717, 1.165) is 4.90 Å². The number of esters is 1. The molecule has 1 atom stereocenters. The van der Waals surface area contributed by atoms with Crippen LogP contribution >= 0.6 is 0 Å². The number of nitrogens with one attached hydrogen (secondary N) is 1. The minimum absolute atomic E-state index is 0.00845. The molecule has 1 aliphatic heterocycles. The molecule has 204 valence electrons. The van der Waals surface area contributed by atoms with Crippen LogP contribution in [0.15, 0.2) is 78.9 Å². The molecule has 0 saturated heterocycles. The van der Waals surface area contributed by atoms with Gasteiger partial charge in [0, 0.05) is 28.6 Å². The van der Waals surface area contributed by atoms with Gasteiger partial charge < -0.3 is 10.1 Å². The standard InChI is InChI=1S/C28H18N4O9/c1-15(25(33)29-21-7-2-3-8-23(21)32(39)40)41-28(36)16-9-11-17(12-10-16)30-26(34)19-6-4-5-18-22(31(37)38)14-13-20(24(18)19)27(30)35/h2-15H,1H3,(H,29,33)/t15-/m1/s1. The van der Waals surface area contributed by atoms with E-state index in [0.29, 0.717) is 0 Å². The van der Waals surface area contributed by atoms with Gasteiger partial charge in [0.15, 0.2) is 6.10 Å². The molecular formula is C28H18N4O9. The van der Waals surface area contributed by atoms with Crippen LogP contribution < -0.4 is 10.2 Å². The van der Waals surface area contributed by atoms with Crippen LogP contribution in [0.1, 0.15) is 38.0 Å². The number of non-ortho nitro benzene ring substituents is 1. The quantitative estimate of drug-likeness (QED) is 0.147. The summed E-state index contributed by atoms with van der Waals surface area (Å²) in [6, 6.07) is 17.7. The average Bonchev–Trinajstić information content (AvgIpc) is 2.96. The molecule has 0 aromatic heterocycles. The van der Waals surface area contributed by atoms with Crippen molar-refractivity contribution >= 4 is 57.2 Å². The van der Waals surface area contributed by atoms with Gasteiger partial charge in [-0.3, -0.25) is 34.6 Å². The molecule has 13 heteroatoms. The Morgan fingerprint density at radius 1 is 0.805 bits per heavy atom. The highest BCUT2D eigenvalue weighted by Crippen LogP contribution is 2.37. The van der Waals surface area contributed by atoms with Gasteiger partial charge in [0.05, 0.1) is 26.5 Å². The lowest BCUT2D eigenvalue weighted by molar-refractivity contribution is -0.384. The maximum Gasteiger partial charge on any atom is 0.338 e. The molecule has 3 amide bonds. The number of carbonyl (C=O) groups is 4. The molecule has 0 fully saturated rings. The van der Waals surface area contributed by atoms with Gasteiger partial charge in [0.1, 0.15) is 5.69 Å². The first-order valence-electron chi connectivity index (χ1n) is 12.0. The molecule has 41 heavy (non-hydrogen) atoms. The summed E-state index contributed by atoms with van der Waals surface area (Å²) in [4.78, 5) is 74.0. The number of rotatable bonds is 7. The summed E-state index contributed by atoms with van der Waals surface area (Å²) in [5.74, 6) is -3.06. The normalized spacial score (nSPS) is 13.0. The lowest BCUT2D eigenvalue weighted by atomic mass is 9.92. The fraction of sp³-hybridized carbons (Fsp3) is 0.0714. The number of amides is 3. The summed E-state index contributed by atoms with van der Waals surface area (Å²) in [5, 5.41) is 25.3. The number of para-hydroxylation sites is 2. The highest BCUT2D eigenvalue weighted by Gasteiger charge is 2.35. The second-order valence-corrected chi connectivity index (χ2v) is 8.92. The van der Waals surface area contributed by atoms with Gasteiger partial charge in [-0.25, -0.2) is 9.69 Å². The molecule has 0 saturated carbocycles. The van der Waals surface area contributed by atoms with E-state index in [2.05, 4.69) is 5.32 Å². The number of hydrogen-bond donors (Lipinski definition) is 1. The van der Waals surface area contributed by atoms with Gasteiger partial charge in [-0.1, -0.05) is 18.2 Å². The van der Waals surface area contributed by atoms with Gasteiger partial charge in [-0.05, 0) is 55.5 Å². The zero-order valence-electron chi connectivity index (χ0n) is 21.1. The molecular weight excluding hydrogens is 536 g/mol. The summed E-state index contributed by atoms with van der Waals surface area (Å²) < 4.78 is 5.19. The van der Waals surface area contributed by atoms with E-state index in [1.54, 1.807) is 0 Å². The molecule has 0 aliphatic carbocycles.